The van der Waals surface area contributed by atoms with E-state index in [0.717, 1.165) is 41.7 Å². The van der Waals surface area contributed by atoms with Crippen molar-refractivity contribution in [2.45, 2.75) is 50.0 Å². The van der Waals surface area contributed by atoms with E-state index in [1.165, 1.54) is 0 Å². The van der Waals surface area contributed by atoms with Crippen LogP contribution in [0.15, 0.2) is 36.4 Å². The molecule has 2 aliphatic rings. The monoisotopic (exact) mass is 436 g/mol. The van der Waals surface area contributed by atoms with E-state index >= 15 is 0 Å². The van der Waals surface area contributed by atoms with Gasteiger partial charge < -0.3 is 20.2 Å². The van der Waals surface area contributed by atoms with E-state index in [2.05, 4.69) is 9.88 Å². The molecule has 0 amide bonds. The molecule has 3 N–H and O–H groups in total. The van der Waals surface area contributed by atoms with Crippen LogP contribution in [-0.2, 0) is 0 Å². The van der Waals surface area contributed by atoms with Crippen LogP contribution in [0.3, 0.4) is 0 Å². The lowest BCUT2D eigenvalue weighted by molar-refractivity contribution is -0.00532. The Bertz CT molecular complexity index is 1130. The SMILES string of the molecule is O=C(O)c1cc(N2CCC(O)(CCO)CC2)c2c(C3CCC3)nn(-c3ccccc3)c2n1. The predicted octanol–water partition coefficient (Wildman–Crippen LogP) is 3.10. The molecule has 5 rings (SSSR count). The van der Waals surface area contributed by atoms with E-state index in [-0.39, 0.29) is 12.3 Å². The van der Waals surface area contributed by atoms with Gasteiger partial charge in [-0.15, -0.1) is 0 Å². The molecule has 2 fully saturated rings. The molecule has 0 unspecified atom stereocenters. The van der Waals surface area contributed by atoms with E-state index in [4.69, 9.17) is 5.10 Å². The highest BCUT2D eigenvalue weighted by atomic mass is 16.4. The number of benzene rings is 1. The molecule has 1 aromatic carbocycles. The zero-order chi connectivity index (χ0) is 22.3. The minimum Gasteiger partial charge on any atom is -0.477 e. The van der Waals surface area contributed by atoms with Gasteiger partial charge in [-0.1, -0.05) is 24.6 Å². The van der Waals surface area contributed by atoms with Crippen molar-refractivity contribution in [3.8, 4) is 5.69 Å². The van der Waals surface area contributed by atoms with Crippen LogP contribution < -0.4 is 4.90 Å². The molecule has 0 spiro atoms. The van der Waals surface area contributed by atoms with E-state index in [9.17, 15) is 20.1 Å². The van der Waals surface area contributed by atoms with Crippen molar-refractivity contribution >= 4 is 22.7 Å². The van der Waals surface area contributed by atoms with Crippen LogP contribution in [0, 0.1) is 0 Å². The summed E-state index contributed by atoms with van der Waals surface area (Å²) in [6.45, 7) is 1.11. The summed E-state index contributed by atoms with van der Waals surface area (Å²) in [7, 11) is 0. The average molecular weight is 437 g/mol. The summed E-state index contributed by atoms with van der Waals surface area (Å²) < 4.78 is 1.77. The summed E-state index contributed by atoms with van der Waals surface area (Å²) >= 11 is 0. The van der Waals surface area contributed by atoms with Gasteiger partial charge in [0.2, 0.25) is 0 Å². The fraction of sp³-hybridized carbons (Fsp3) is 0.458. The number of pyridine rings is 1. The normalized spacial score (nSPS) is 18.6. The third-order valence-corrected chi connectivity index (χ3v) is 6.97. The van der Waals surface area contributed by atoms with Crippen LogP contribution in [-0.4, -0.2) is 61.4 Å². The molecule has 8 heteroatoms. The number of carboxylic acids is 1. The standard InChI is InChI=1S/C24H28N4O4/c29-14-11-24(32)9-12-27(13-10-24)19-15-18(23(30)31)25-22-20(19)21(16-5-4-6-16)26-28(22)17-7-2-1-3-8-17/h1-3,7-8,15-16,29,32H,4-6,9-14H2,(H,30,31). The summed E-state index contributed by atoms with van der Waals surface area (Å²) in [6.07, 6.45) is 4.69. The summed E-state index contributed by atoms with van der Waals surface area (Å²) in [5.41, 5.74) is 2.32. The van der Waals surface area contributed by atoms with Gasteiger partial charge in [-0.2, -0.15) is 5.10 Å². The van der Waals surface area contributed by atoms with Gasteiger partial charge in [0.05, 0.1) is 28.1 Å². The number of hydrogen-bond acceptors (Lipinski definition) is 6. The molecule has 0 bridgehead atoms. The minimum atomic E-state index is -1.08. The number of fused-ring (bicyclic) bond motifs is 1. The third-order valence-electron chi connectivity index (χ3n) is 6.97. The zero-order valence-corrected chi connectivity index (χ0v) is 17.9. The fourth-order valence-corrected chi connectivity index (χ4v) is 4.82. The molecule has 2 aromatic heterocycles. The van der Waals surface area contributed by atoms with Crippen molar-refractivity contribution in [3.63, 3.8) is 0 Å². The molecular weight excluding hydrogens is 408 g/mol. The first kappa shape index (κ1) is 20.9. The molecule has 1 saturated heterocycles. The highest BCUT2D eigenvalue weighted by Gasteiger charge is 2.35. The molecule has 1 aliphatic heterocycles. The van der Waals surface area contributed by atoms with E-state index in [0.29, 0.717) is 43.9 Å². The summed E-state index contributed by atoms with van der Waals surface area (Å²) in [4.78, 5) is 18.6. The van der Waals surface area contributed by atoms with Gasteiger partial charge in [0.15, 0.2) is 11.3 Å². The smallest absolute Gasteiger partial charge is 0.354 e. The van der Waals surface area contributed by atoms with Crippen LogP contribution in [0.1, 0.15) is 60.6 Å². The van der Waals surface area contributed by atoms with Crippen molar-refractivity contribution in [1.82, 2.24) is 14.8 Å². The van der Waals surface area contributed by atoms with Crippen LogP contribution in [0.25, 0.3) is 16.7 Å². The number of hydrogen-bond donors (Lipinski definition) is 3. The number of nitrogens with zero attached hydrogens (tertiary/aromatic N) is 4. The Morgan fingerprint density at radius 2 is 1.88 bits per heavy atom. The lowest BCUT2D eigenvalue weighted by atomic mass is 9.81. The van der Waals surface area contributed by atoms with Crippen molar-refractivity contribution in [2.75, 3.05) is 24.6 Å². The quantitative estimate of drug-likeness (QED) is 0.544. The largest absolute Gasteiger partial charge is 0.477 e. The fourth-order valence-electron chi connectivity index (χ4n) is 4.82. The van der Waals surface area contributed by atoms with Gasteiger partial charge in [-0.25, -0.2) is 14.5 Å². The third kappa shape index (κ3) is 3.63. The molecule has 32 heavy (non-hydrogen) atoms. The molecule has 8 nitrogen and oxygen atoms in total. The number of carboxylic acid groups (broad SMARTS) is 1. The first-order valence-electron chi connectivity index (χ1n) is 11.3. The number of rotatable bonds is 6. The molecule has 0 atom stereocenters. The zero-order valence-electron chi connectivity index (χ0n) is 17.9. The Morgan fingerprint density at radius 3 is 2.47 bits per heavy atom. The summed E-state index contributed by atoms with van der Waals surface area (Å²) in [5.74, 6) is -0.734. The Kier molecular flexibility index (Phi) is 5.35. The maximum absolute atomic E-state index is 11.9. The second-order valence-electron chi connectivity index (χ2n) is 8.98. The van der Waals surface area contributed by atoms with Crippen molar-refractivity contribution in [1.29, 1.82) is 0 Å². The lowest BCUT2D eigenvalue weighted by Gasteiger charge is -2.39. The molecular formula is C24H28N4O4. The number of carbonyl (C=O) groups is 1. The van der Waals surface area contributed by atoms with Gasteiger partial charge in [0.25, 0.3) is 0 Å². The number of aliphatic hydroxyl groups excluding tert-OH is 1. The van der Waals surface area contributed by atoms with Gasteiger partial charge in [-0.05, 0) is 50.3 Å². The summed E-state index contributed by atoms with van der Waals surface area (Å²) in [5, 5.41) is 35.7. The van der Waals surface area contributed by atoms with E-state index in [1.807, 2.05) is 30.3 Å². The van der Waals surface area contributed by atoms with Crippen LogP contribution in [0.5, 0.6) is 0 Å². The first-order valence-corrected chi connectivity index (χ1v) is 11.3. The molecule has 168 valence electrons. The van der Waals surface area contributed by atoms with Gasteiger partial charge >= 0.3 is 5.97 Å². The Hall–Kier alpha value is -2.97. The number of aromatic nitrogens is 3. The highest BCUT2D eigenvalue weighted by molar-refractivity contribution is 5.98. The maximum atomic E-state index is 11.9. The van der Waals surface area contributed by atoms with E-state index in [1.54, 1.807) is 10.7 Å². The van der Waals surface area contributed by atoms with Crippen molar-refractivity contribution in [2.24, 2.45) is 0 Å². The maximum Gasteiger partial charge on any atom is 0.354 e. The lowest BCUT2D eigenvalue weighted by Crippen LogP contribution is -2.45. The molecule has 1 aliphatic carbocycles. The van der Waals surface area contributed by atoms with Crippen LogP contribution >= 0.6 is 0 Å². The number of anilines is 1. The highest BCUT2D eigenvalue weighted by Crippen LogP contribution is 2.43. The Morgan fingerprint density at radius 1 is 1.16 bits per heavy atom. The predicted molar refractivity (Wildman–Crippen MR) is 121 cm³/mol. The van der Waals surface area contributed by atoms with E-state index < -0.39 is 11.6 Å². The molecule has 3 heterocycles. The average Bonchev–Trinajstić information content (AvgIpc) is 3.12. The van der Waals surface area contributed by atoms with Crippen LogP contribution in [0.4, 0.5) is 5.69 Å². The van der Waals surface area contributed by atoms with Crippen LogP contribution in [0.2, 0.25) is 0 Å². The molecule has 1 saturated carbocycles. The second kappa shape index (κ2) is 8.18. The number of piperidine rings is 1. The van der Waals surface area contributed by atoms with Gasteiger partial charge in [-0.3, -0.25) is 0 Å². The minimum absolute atomic E-state index is 0.0130. The topological polar surface area (TPSA) is 112 Å². The molecule has 3 aromatic rings. The summed E-state index contributed by atoms with van der Waals surface area (Å²) in [6, 6.07) is 11.3. The Balaban J connectivity index is 1.67. The first-order chi connectivity index (χ1) is 15.5. The molecule has 0 radical (unpaired) electrons. The van der Waals surface area contributed by atoms with Crippen molar-refractivity contribution < 1.29 is 20.1 Å². The number of para-hydroxylation sites is 1. The number of aromatic carboxylic acids is 1. The Labute approximate surface area is 186 Å². The van der Waals surface area contributed by atoms with Gasteiger partial charge in [0, 0.05) is 25.6 Å². The second-order valence-corrected chi connectivity index (χ2v) is 8.98. The van der Waals surface area contributed by atoms with Crippen molar-refractivity contribution in [3.05, 3.63) is 47.8 Å². The number of aliphatic hydroxyl groups is 2. The van der Waals surface area contributed by atoms with Gasteiger partial charge in [0.1, 0.15) is 0 Å².